The van der Waals surface area contributed by atoms with Crippen LogP contribution >= 0.6 is 0 Å². The molecule has 0 aromatic rings. The first-order valence-electron chi connectivity index (χ1n) is 4.46. The second kappa shape index (κ2) is 3.80. The molecule has 0 radical (unpaired) electrons. The number of carboxylic acids is 1. The zero-order valence-electron chi connectivity index (χ0n) is 7.49. The summed E-state index contributed by atoms with van der Waals surface area (Å²) in [5.41, 5.74) is -0.750. The number of unbranched alkanes of at least 4 members (excludes halogenated alkanes) is 1. The van der Waals surface area contributed by atoms with Crippen LogP contribution in [0.4, 0.5) is 0 Å². The van der Waals surface area contributed by atoms with E-state index in [-0.39, 0.29) is 5.92 Å². The summed E-state index contributed by atoms with van der Waals surface area (Å²) in [5.74, 6) is 1.34. The van der Waals surface area contributed by atoms with Crippen LogP contribution in [0, 0.1) is 18.3 Å². The smallest absolute Gasteiger partial charge is 0.306 e. The van der Waals surface area contributed by atoms with Crippen LogP contribution < -0.4 is 0 Å². The predicted molar refractivity (Wildman–Crippen MR) is 48.0 cm³/mol. The monoisotopic (exact) mass is 182 g/mol. The van der Waals surface area contributed by atoms with Crippen LogP contribution in [0.15, 0.2) is 0 Å². The van der Waals surface area contributed by atoms with Crippen LogP contribution in [0.1, 0.15) is 32.1 Å². The lowest BCUT2D eigenvalue weighted by atomic mass is 9.68. The summed E-state index contributed by atoms with van der Waals surface area (Å²) in [4.78, 5) is 10.5. The Balaban J connectivity index is 2.22. The first kappa shape index (κ1) is 10.1. The molecule has 1 saturated carbocycles. The number of aliphatic hydroxyl groups is 1. The molecule has 0 aliphatic heterocycles. The topological polar surface area (TPSA) is 57.5 Å². The van der Waals surface area contributed by atoms with Crippen molar-refractivity contribution in [3.63, 3.8) is 0 Å². The highest BCUT2D eigenvalue weighted by atomic mass is 16.4. The number of terminal acetylenes is 1. The van der Waals surface area contributed by atoms with E-state index >= 15 is 0 Å². The van der Waals surface area contributed by atoms with Crippen molar-refractivity contribution in [2.45, 2.75) is 37.7 Å². The van der Waals surface area contributed by atoms with E-state index in [1.807, 2.05) is 0 Å². The second-order valence-electron chi connectivity index (χ2n) is 3.73. The molecule has 0 bridgehead atoms. The van der Waals surface area contributed by atoms with E-state index in [4.69, 9.17) is 11.5 Å². The third-order valence-corrected chi connectivity index (χ3v) is 2.57. The molecule has 0 aromatic carbocycles. The fourth-order valence-corrected chi connectivity index (χ4v) is 1.76. The van der Waals surface area contributed by atoms with E-state index in [0.717, 1.165) is 6.42 Å². The Labute approximate surface area is 77.8 Å². The van der Waals surface area contributed by atoms with Crippen molar-refractivity contribution in [2.75, 3.05) is 0 Å². The summed E-state index contributed by atoms with van der Waals surface area (Å²) in [5, 5.41) is 18.3. The first-order valence-corrected chi connectivity index (χ1v) is 4.46. The zero-order chi connectivity index (χ0) is 9.90. The lowest BCUT2D eigenvalue weighted by Gasteiger charge is -2.41. The predicted octanol–water partition coefficient (Wildman–Crippen LogP) is 1.02. The minimum atomic E-state index is -0.804. The number of hydrogen-bond acceptors (Lipinski definition) is 2. The van der Waals surface area contributed by atoms with Gasteiger partial charge in [-0.05, 0) is 25.7 Å². The third-order valence-electron chi connectivity index (χ3n) is 2.57. The first-order chi connectivity index (χ1) is 6.07. The summed E-state index contributed by atoms with van der Waals surface area (Å²) < 4.78 is 0. The molecule has 1 fully saturated rings. The molecule has 0 saturated heterocycles. The zero-order valence-corrected chi connectivity index (χ0v) is 7.49. The molecule has 0 atom stereocenters. The van der Waals surface area contributed by atoms with Gasteiger partial charge in [0.05, 0.1) is 11.5 Å². The number of hydrogen-bond donors (Lipinski definition) is 2. The van der Waals surface area contributed by atoms with Crippen LogP contribution in [-0.4, -0.2) is 21.8 Å². The van der Waals surface area contributed by atoms with Crippen molar-refractivity contribution in [3.8, 4) is 12.3 Å². The molecule has 0 amide bonds. The summed E-state index contributed by atoms with van der Waals surface area (Å²) in [6.07, 6.45) is 7.89. The third kappa shape index (κ3) is 2.46. The average molecular weight is 182 g/mol. The van der Waals surface area contributed by atoms with Crippen LogP contribution in [-0.2, 0) is 4.79 Å². The molecular weight excluding hydrogens is 168 g/mol. The number of aliphatic carboxylic acids is 1. The Morgan fingerprint density at radius 3 is 2.69 bits per heavy atom. The summed E-state index contributed by atoms with van der Waals surface area (Å²) in [6.45, 7) is 0. The molecule has 1 aliphatic carbocycles. The Morgan fingerprint density at radius 2 is 2.23 bits per heavy atom. The van der Waals surface area contributed by atoms with Crippen molar-refractivity contribution in [3.05, 3.63) is 0 Å². The van der Waals surface area contributed by atoms with Gasteiger partial charge in [-0.25, -0.2) is 0 Å². The van der Waals surface area contributed by atoms with Crippen molar-refractivity contribution in [1.82, 2.24) is 0 Å². The van der Waals surface area contributed by atoms with E-state index in [9.17, 15) is 9.90 Å². The van der Waals surface area contributed by atoms with Gasteiger partial charge in [-0.2, -0.15) is 0 Å². The highest BCUT2D eigenvalue weighted by Gasteiger charge is 2.45. The second-order valence-corrected chi connectivity index (χ2v) is 3.73. The summed E-state index contributed by atoms with van der Waals surface area (Å²) in [7, 11) is 0. The lowest BCUT2D eigenvalue weighted by Crippen LogP contribution is -2.46. The van der Waals surface area contributed by atoms with Gasteiger partial charge < -0.3 is 10.2 Å². The van der Waals surface area contributed by atoms with Gasteiger partial charge in [0.1, 0.15) is 0 Å². The Kier molecular flexibility index (Phi) is 2.94. The van der Waals surface area contributed by atoms with Gasteiger partial charge in [-0.1, -0.05) is 0 Å². The quantitative estimate of drug-likeness (QED) is 0.504. The largest absolute Gasteiger partial charge is 0.481 e. The van der Waals surface area contributed by atoms with Crippen molar-refractivity contribution < 1.29 is 15.0 Å². The van der Waals surface area contributed by atoms with E-state index < -0.39 is 11.6 Å². The molecule has 3 heteroatoms. The van der Waals surface area contributed by atoms with Gasteiger partial charge in [0.25, 0.3) is 0 Å². The van der Waals surface area contributed by atoms with Crippen molar-refractivity contribution in [2.24, 2.45) is 5.92 Å². The highest BCUT2D eigenvalue weighted by Crippen LogP contribution is 2.41. The van der Waals surface area contributed by atoms with Crippen LogP contribution in [0.2, 0.25) is 0 Å². The maximum Gasteiger partial charge on any atom is 0.306 e. The maximum absolute atomic E-state index is 10.5. The van der Waals surface area contributed by atoms with E-state index in [1.165, 1.54) is 0 Å². The molecule has 0 heterocycles. The fraction of sp³-hybridized carbons (Fsp3) is 0.700. The van der Waals surface area contributed by atoms with E-state index in [1.54, 1.807) is 0 Å². The van der Waals surface area contributed by atoms with Gasteiger partial charge in [-0.3, -0.25) is 4.79 Å². The minimum Gasteiger partial charge on any atom is -0.481 e. The standard InChI is InChI=1S/C10H14O3/c1-2-3-4-5-10(13)6-8(7-10)9(11)12/h1,8,13H,3-7H2,(H,11,12). The molecule has 3 nitrogen and oxygen atoms in total. The molecule has 13 heavy (non-hydrogen) atoms. The van der Waals surface area contributed by atoms with Gasteiger partial charge in [0.2, 0.25) is 0 Å². The summed E-state index contributed by atoms with van der Waals surface area (Å²) >= 11 is 0. The molecule has 0 unspecified atom stereocenters. The number of rotatable bonds is 4. The van der Waals surface area contributed by atoms with Gasteiger partial charge in [0, 0.05) is 6.42 Å². The van der Waals surface area contributed by atoms with Crippen molar-refractivity contribution >= 4 is 5.97 Å². The van der Waals surface area contributed by atoms with Crippen LogP contribution in [0.25, 0.3) is 0 Å². The highest BCUT2D eigenvalue weighted by molar-refractivity contribution is 5.71. The van der Waals surface area contributed by atoms with Crippen molar-refractivity contribution in [1.29, 1.82) is 0 Å². The SMILES string of the molecule is C#CCCCC1(O)CC(C(=O)O)C1. The molecule has 1 rings (SSSR count). The van der Waals surface area contributed by atoms with E-state index in [0.29, 0.717) is 25.7 Å². The summed E-state index contributed by atoms with van der Waals surface area (Å²) in [6, 6.07) is 0. The molecule has 2 N–H and O–H groups in total. The normalized spacial score (nSPS) is 31.8. The Bertz CT molecular complexity index is 233. The minimum absolute atomic E-state index is 0.351. The van der Waals surface area contributed by atoms with Crippen LogP contribution in [0.3, 0.4) is 0 Å². The van der Waals surface area contributed by atoms with E-state index in [2.05, 4.69) is 5.92 Å². The number of carbonyl (C=O) groups is 1. The molecule has 72 valence electrons. The lowest BCUT2D eigenvalue weighted by molar-refractivity contribution is -0.159. The molecule has 1 aliphatic rings. The van der Waals surface area contributed by atoms with Crippen LogP contribution in [0.5, 0.6) is 0 Å². The van der Waals surface area contributed by atoms with Gasteiger partial charge >= 0.3 is 5.97 Å². The maximum atomic E-state index is 10.5. The molecule has 0 aromatic heterocycles. The Hall–Kier alpha value is -1.01. The number of carboxylic acid groups (broad SMARTS) is 1. The Morgan fingerprint density at radius 1 is 1.62 bits per heavy atom. The fourth-order valence-electron chi connectivity index (χ4n) is 1.76. The van der Waals surface area contributed by atoms with Gasteiger partial charge in [-0.15, -0.1) is 12.3 Å². The van der Waals surface area contributed by atoms with Gasteiger partial charge in [0.15, 0.2) is 0 Å². The molecule has 0 spiro atoms. The average Bonchev–Trinajstić information content (AvgIpc) is 2.00. The molecular formula is C10H14O3.